The largest absolute Gasteiger partial charge is 0.497 e. The van der Waals surface area contributed by atoms with Crippen LogP contribution >= 0.6 is 15.9 Å². The molecule has 2 aromatic rings. The maximum Gasteiger partial charge on any atom is 0.259 e. The third kappa shape index (κ3) is 3.25. The molecule has 0 atom stereocenters. The number of halogens is 1. The van der Waals surface area contributed by atoms with Gasteiger partial charge in [0.15, 0.2) is 0 Å². The molecule has 0 bridgehead atoms. The van der Waals surface area contributed by atoms with Crippen molar-refractivity contribution in [3.8, 4) is 11.5 Å². The molecule has 0 radical (unpaired) electrons. The number of pyridine rings is 1. The van der Waals surface area contributed by atoms with Crippen LogP contribution in [0.2, 0.25) is 0 Å². The van der Waals surface area contributed by atoms with E-state index >= 15 is 0 Å². The van der Waals surface area contributed by atoms with Gasteiger partial charge in [-0.1, -0.05) is 0 Å². The first kappa shape index (κ1) is 15.1. The van der Waals surface area contributed by atoms with Gasteiger partial charge in [0.05, 0.1) is 29.9 Å². The predicted octanol–water partition coefficient (Wildman–Crippen LogP) is 2.70. The number of nitrogens with one attached hydrogen (secondary N) is 1. The molecule has 1 heterocycles. The van der Waals surface area contributed by atoms with Crippen LogP contribution in [0.1, 0.15) is 10.4 Å². The molecule has 0 aliphatic carbocycles. The van der Waals surface area contributed by atoms with E-state index in [1.807, 2.05) is 0 Å². The minimum Gasteiger partial charge on any atom is -0.497 e. The Morgan fingerprint density at radius 1 is 1.33 bits per heavy atom. The highest BCUT2D eigenvalue weighted by Crippen LogP contribution is 2.31. The summed E-state index contributed by atoms with van der Waals surface area (Å²) in [5.41, 5.74) is 6.43. The second-order valence-corrected chi connectivity index (χ2v) is 4.93. The van der Waals surface area contributed by atoms with E-state index in [-0.39, 0.29) is 11.3 Å². The molecule has 0 saturated heterocycles. The lowest BCUT2D eigenvalue weighted by molar-refractivity contribution is 0.102. The molecule has 110 valence electrons. The SMILES string of the molecule is COc1cc(OC)c(N)c(C(=O)Nc2ncccc2Br)c1. The Labute approximate surface area is 130 Å². The van der Waals surface area contributed by atoms with Gasteiger partial charge in [-0.05, 0) is 34.1 Å². The highest BCUT2D eigenvalue weighted by molar-refractivity contribution is 9.10. The Morgan fingerprint density at radius 3 is 2.71 bits per heavy atom. The van der Waals surface area contributed by atoms with Crippen molar-refractivity contribution in [3.05, 3.63) is 40.5 Å². The summed E-state index contributed by atoms with van der Waals surface area (Å²) in [6.07, 6.45) is 1.58. The molecule has 0 aliphatic heterocycles. The number of carbonyl (C=O) groups excluding carboxylic acids is 1. The van der Waals surface area contributed by atoms with E-state index < -0.39 is 5.91 Å². The van der Waals surface area contributed by atoms with Gasteiger partial charge in [0.1, 0.15) is 17.3 Å². The number of benzene rings is 1. The standard InChI is InChI=1S/C14H14BrN3O3/c1-20-8-6-9(12(16)11(7-8)21-2)14(19)18-13-10(15)4-3-5-17-13/h3-7H,16H2,1-2H3,(H,17,18,19). The molecule has 3 N–H and O–H groups in total. The third-order valence-corrected chi connectivity index (χ3v) is 3.45. The summed E-state index contributed by atoms with van der Waals surface area (Å²) in [6.45, 7) is 0. The molecule has 0 saturated carbocycles. The Bertz CT molecular complexity index is 677. The lowest BCUT2D eigenvalue weighted by Gasteiger charge is -2.13. The van der Waals surface area contributed by atoms with E-state index in [0.29, 0.717) is 21.8 Å². The normalized spacial score (nSPS) is 10.0. The number of anilines is 2. The van der Waals surface area contributed by atoms with Gasteiger partial charge < -0.3 is 20.5 Å². The topological polar surface area (TPSA) is 86.5 Å². The molecule has 0 aliphatic rings. The summed E-state index contributed by atoms with van der Waals surface area (Å²) in [6, 6.07) is 6.69. The van der Waals surface area contributed by atoms with E-state index in [1.54, 1.807) is 30.5 Å². The Kier molecular flexibility index (Phi) is 4.64. The molecule has 6 nitrogen and oxygen atoms in total. The number of carbonyl (C=O) groups is 1. The number of amides is 1. The van der Waals surface area contributed by atoms with Crippen molar-refractivity contribution < 1.29 is 14.3 Å². The van der Waals surface area contributed by atoms with Crippen molar-refractivity contribution in [2.24, 2.45) is 0 Å². The van der Waals surface area contributed by atoms with Crippen LogP contribution in [0.25, 0.3) is 0 Å². The van der Waals surface area contributed by atoms with Crippen LogP contribution in [0.3, 0.4) is 0 Å². The van der Waals surface area contributed by atoms with Crippen molar-refractivity contribution >= 4 is 33.3 Å². The highest BCUT2D eigenvalue weighted by atomic mass is 79.9. The van der Waals surface area contributed by atoms with Gasteiger partial charge in [0.25, 0.3) is 5.91 Å². The summed E-state index contributed by atoms with van der Waals surface area (Å²) in [5, 5.41) is 2.68. The molecular formula is C14H14BrN3O3. The number of hydrogen-bond acceptors (Lipinski definition) is 5. The Balaban J connectivity index is 2.37. The minimum atomic E-state index is -0.399. The fraction of sp³-hybridized carbons (Fsp3) is 0.143. The number of nitrogens with two attached hydrogens (primary N) is 1. The molecule has 0 spiro atoms. The molecule has 7 heteroatoms. The molecule has 0 fully saturated rings. The van der Waals surface area contributed by atoms with Gasteiger partial charge >= 0.3 is 0 Å². The van der Waals surface area contributed by atoms with Crippen LogP contribution in [-0.4, -0.2) is 25.1 Å². The smallest absolute Gasteiger partial charge is 0.259 e. The van der Waals surface area contributed by atoms with Gasteiger partial charge in [-0.2, -0.15) is 0 Å². The van der Waals surface area contributed by atoms with E-state index in [2.05, 4.69) is 26.2 Å². The second-order valence-electron chi connectivity index (χ2n) is 4.08. The zero-order valence-corrected chi connectivity index (χ0v) is 13.1. The summed E-state index contributed by atoms with van der Waals surface area (Å²) < 4.78 is 11.0. The van der Waals surface area contributed by atoms with Crippen LogP contribution in [0.15, 0.2) is 34.9 Å². The number of aromatic nitrogens is 1. The summed E-state index contributed by atoms with van der Waals surface area (Å²) in [4.78, 5) is 16.4. The molecular weight excluding hydrogens is 338 g/mol. The van der Waals surface area contributed by atoms with Gasteiger partial charge in [0, 0.05) is 12.3 Å². The quantitative estimate of drug-likeness (QED) is 0.827. The van der Waals surface area contributed by atoms with Gasteiger partial charge in [-0.3, -0.25) is 4.79 Å². The average Bonchev–Trinajstić information content (AvgIpc) is 2.49. The van der Waals surface area contributed by atoms with Crippen LogP contribution in [0.5, 0.6) is 11.5 Å². The molecule has 1 amide bonds. The summed E-state index contributed by atoms with van der Waals surface area (Å²) in [7, 11) is 2.98. The van der Waals surface area contributed by atoms with E-state index in [1.165, 1.54) is 14.2 Å². The lowest BCUT2D eigenvalue weighted by atomic mass is 10.1. The summed E-state index contributed by atoms with van der Waals surface area (Å²) >= 11 is 3.31. The molecule has 2 rings (SSSR count). The highest BCUT2D eigenvalue weighted by Gasteiger charge is 2.17. The zero-order valence-electron chi connectivity index (χ0n) is 11.5. The molecule has 21 heavy (non-hydrogen) atoms. The first-order valence-electron chi connectivity index (χ1n) is 6.00. The number of ether oxygens (including phenoxy) is 2. The van der Waals surface area contributed by atoms with Crippen LogP contribution in [0.4, 0.5) is 11.5 Å². The molecule has 1 aromatic heterocycles. The minimum absolute atomic E-state index is 0.239. The first-order valence-corrected chi connectivity index (χ1v) is 6.79. The average molecular weight is 352 g/mol. The van der Waals surface area contributed by atoms with Crippen LogP contribution < -0.4 is 20.5 Å². The van der Waals surface area contributed by atoms with Crippen LogP contribution in [0, 0.1) is 0 Å². The Morgan fingerprint density at radius 2 is 2.10 bits per heavy atom. The zero-order chi connectivity index (χ0) is 15.4. The van der Waals surface area contributed by atoms with E-state index in [9.17, 15) is 4.79 Å². The third-order valence-electron chi connectivity index (χ3n) is 2.81. The summed E-state index contributed by atoms with van der Waals surface area (Å²) in [5.74, 6) is 0.860. The second kappa shape index (κ2) is 6.45. The van der Waals surface area contributed by atoms with Crippen molar-refractivity contribution in [1.29, 1.82) is 0 Å². The number of nitrogens with zero attached hydrogens (tertiary/aromatic N) is 1. The van der Waals surface area contributed by atoms with Crippen LogP contribution in [-0.2, 0) is 0 Å². The van der Waals surface area contributed by atoms with Crippen molar-refractivity contribution in [1.82, 2.24) is 4.98 Å². The van der Waals surface area contributed by atoms with E-state index in [0.717, 1.165) is 0 Å². The fourth-order valence-corrected chi connectivity index (χ4v) is 2.08. The first-order chi connectivity index (χ1) is 10.1. The maximum atomic E-state index is 12.4. The van der Waals surface area contributed by atoms with Crippen molar-refractivity contribution in [2.45, 2.75) is 0 Å². The lowest BCUT2D eigenvalue weighted by Crippen LogP contribution is -2.16. The van der Waals surface area contributed by atoms with Gasteiger partial charge in [-0.25, -0.2) is 4.98 Å². The van der Waals surface area contributed by atoms with Crippen molar-refractivity contribution in [2.75, 3.05) is 25.3 Å². The van der Waals surface area contributed by atoms with Gasteiger partial charge in [0.2, 0.25) is 0 Å². The number of rotatable bonds is 4. The van der Waals surface area contributed by atoms with Crippen molar-refractivity contribution in [3.63, 3.8) is 0 Å². The van der Waals surface area contributed by atoms with E-state index in [4.69, 9.17) is 15.2 Å². The molecule has 0 unspecified atom stereocenters. The maximum absolute atomic E-state index is 12.4. The fourth-order valence-electron chi connectivity index (χ4n) is 1.73. The van der Waals surface area contributed by atoms with Gasteiger partial charge in [-0.15, -0.1) is 0 Å². The Hall–Kier alpha value is -2.28. The number of hydrogen-bond donors (Lipinski definition) is 2. The number of methoxy groups -OCH3 is 2. The molecule has 1 aromatic carbocycles. The monoisotopic (exact) mass is 351 g/mol. The predicted molar refractivity (Wildman–Crippen MR) is 83.8 cm³/mol. The number of nitrogen functional groups attached to an aromatic ring is 1.